The molecule has 3 atom stereocenters. The molecule has 0 aliphatic carbocycles. The Labute approximate surface area is 262 Å². The lowest BCUT2D eigenvalue weighted by Gasteiger charge is -2.33. The van der Waals surface area contributed by atoms with E-state index in [1.54, 1.807) is 36.0 Å². The Hall–Kier alpha value is -5.82. The van der Waals surface area contributed by atoms with Crippen molar-refractivity contribution in [3.05, 3.63) is 105 Å². The van der Waals surface area contributed by atoms with Crippen molar-refractivity contribution >= 4 is 28.1 Å². The number of aromatic amines is 1. The SMILES string of the molecule is Cn1ncnc1[C@@H]1c2n[nH]c(=O)c3cc(F)cc(c23)N[C@H]1c1ccc(OCC(C)(O)C(=O)Nc2ccc(C#N)c(C(F)(F)F)c2)cc1. The lowest BCUT2D eigenvalue weighted by Crippen LogP contribution is -2.45. The van der Waals surface area contributed by atoms with Crippen LogP contribution < -0.4 is 20.9 Å². The minimum Gasteiger partial charge on any atom is -0.490 e. The number of hydrogen-bond acceptors (Lipinski definition) is 9. The van der Waals surface area contributed by atoms with Crippen LogP contribution in [0.3, 0.4) is 0 Å². The smallest absolute Gasteiger partial charge is 0.417 e. The Kier molecular flexibility index (Phi) is 7.64. The third kappa shape index (κ3) is 5.84. The van der Waals surface area contributed by atoms with Gasteiger partial charge in [0.1, 0.15) is 30.3 Å². The Bertz CT molecular complexity index is 2120. The van der Waals surface area contributed by atoms with E-state index in [2.05, 4.69) is 30.9 Å². The molecule has 2 aromatic heterocycles. The molecule has 4 N–H and O–H groups in total. The van der Waals surface area contributed by atoms with Crippen LogP contribution in [-0.2, 0) is 18.0 Å². The van der Waals surface area contributed by atoms with Crippen molar-refractivity contribution in [3.63, 3.8) is 0 Å². The summed E-state index contributed by atoms with van der Waals surface area (Å²) in [6, 6.07) is 12.5. The highest BCUT2D eigenvalue weighted by Crippen LogP contribution is 2.46. The number of H-pyrrole nitrogens is 1. The second-order valence-electron chi connectivity index (χ2n) is 11.1. The molecular weight excluding hydrogens is 624 g/mol. The minimum atomic E-state index is -4.83. The third-order valence-electron chi connectivity index (χ3n) is 7.80. The van der Waals surface area contributed by atoms with E-state index in [0.29, 0.717) is 34.2 Å². The molecule has 0 fully saturated rings. The number of aryl methyl sites for hydroxylation is 1. The van der Waals surface area contributed by atoms with E-state index in [1.165, 1.54) is 18.5 Å². The molecule has 240 valence electrons. The standard InChI is InChI=1S/C31H24F4N8O4/c1-30(46,29(45)39-18-6-3-16(12-36)21(11-18)31(33,34)35)13-47-19-7-4-15(5-8-19)25-24(27-37-14-38-43(27)2)26-23-20(28(44)42-41-26)9-17(32)10-22(23)40-25/h3-11,14,24-25,40,46H,13H2,1-2H3,(H,39,45)(H,42,44)/t24-,25-,30?/m0/s1. The highest BCUT2D eigenvalue weighted by Gasteiger charge is 2.38. The minimum absolute atomic E-state index is 0.128. The number of alkyl halides is 3. The van der Waals surface area contributed by atoms with Crippen molar-refractivity contribution in [1.29, 1.82) is 5.26 Å². The van der Waals surface area contributed by atoms with Gasteiger partial charge in [0.25, 0.3) is 11.5 Å². The summed E-state index contributed by atoms with van der Waals surface area (Å²) < 4.78 is 61.7. The number of aliphatic hydroxyl groups is 1. The first kappa shape index (κ1) is 31.2. The maximum Gasteiger partial charge on any atom is 0.417 e. The Balaban J connectivity index is 1.22. The highest BCUT2D eigenvalue weighted by molar-refractivity contribution is 5.98. The second-order valence-corrected chi connectivity index (χ2v) is 11.1. The zero-order chi connectivity index (χ0) is 33.7. The zero-order valence-electron chi connectivity index (χ0n) is 24.6. The molecule has 3 heterocycles. The quantitative estimate of drug-likeness (QED) is 0.189. The lowest BCUT2D eigenvalue weighted by molar-refractivity contribution is -0.138. The van der Waals surface area contributed by atoms with Gasteiger partial charge in [0.05, 0.1) is 40.2 Å². The van der Waals surface area contributed by atoms with Gasteiger partial charge in [-0.15, -0.1) is 0 Å². The summed E-state index contributed by atoms with van der Waals surface area (Å²) in [4.78, 5) is 29.7. The fraction of sp³-hybridized carbons (Fsp3) is 0.226. The average molecular weight is 649 g/mol. The number of halogens is 4. The summed E-state index contributed by atoms with van der Waals surface area (Å²) in [5, 5.41) is 36.8. The Morgan fingerprint density at radius 2 is 1.91 bits per heavy atom. The number of aromatic nitrogens is 5. The number of carbonyl (C=O) groups is 1. The normalized spacial score (nSPS) is 17.0. The molecule has 6 rings (SSSR count). The predicted octanol–water partition coefficient (Wildman–Crippen LogP) is 4.15. The number of nitrogens with one attached hydrogen (secondary N) is 3. The van der Waals surface area contributed by atoms with Crippen molar-refractivity contribution in [1.82, 2.24) is 25.0 Å². The Morgan fingerprint density at radius 3 is 2.57 bits per heavy atom. The first-order valence-electron chi connectivity index (χ1n) is 14.0. The molecule has 0 spiro atoms. The van der Waals surface area contributed by atoms with Crippen molar-refractivity contribution in [2.75, 3.05) is 17.2 Å². The van der Waals surface area contributed by atoms with Gasteiger partial charge < -0.3 is 20.5 Å². The van der Waals surface area contributed by atoms with Crippen LogP contribution in [0.15, 0.2) is 65.7 Å². The number of amides is 1. The second kappa shape index (κ2) is 11.5. The van der Waals surface area contributed by atoms with E-state index in [1.807, 2.05) is 0 Å². The fourth-order valence-electron chi connectivity index (χ4n) is 5.45. The number of hydrogen-bond donors (Lipinski definition) is 4. The molecule has 1 aliphatic rings. The topological polar surface area (TPSA) is 171 Å². The van der Waals surface area contributed by atoms with Gasteiger partial charge in [-0.05, 0) is 55.0 Å². The third-order valence-corrected chi connectivity index (χ3v) is 7.80. The van der Waals surface area contributed by atoms with Crippen molar-refractivity contribution in [2.45, 2.75) is 30.7 Å². The van der Waals surface area contributed by atoms with E-state index in [9.17, 15) is 32.3 Å². The van der Waals surface area contributed by atoms with Crippen LogP contribution in [0.1, 0.15) is 47.1 Å². The van der Waals surface area contributed by atoms with Gasteiger partial charge in [-0.3, -0.25) is 14.3 Å². The summed E-state index contributed by atoms with van der Waals surface area (Å²) in [6.07, 6.45) is -3.45. The number of rotatable bonds is 7. The molecule has 0 saturated heterocycles. The molecule has 3 aromatic carbocycles. The van der Waals surface area contributed by atoms with Crippen LogP contribution in [0.25, 0.3) is 10.8 Å². The molecule has 1 aliphatic heterocycles. The van der Waals surface area contributed by atoms with Crippen LogP contribution in [-0.4, -0.2) is 48.2 Å². The summed E-state index contributed by atoms with van der Waals surface area (Å²) in [5.74, 6) is -1.45. The van der Waals surface area contributed by atoms with Gasteiger partial charge in [-0.2, -0.15) is 28.6 Å². The summed E-state index contributed by atoms with van der Waals surface area (Å²) in [6.45, 7) is 0.576. The first-order valence-corrected chi connectivity index (χ1v) is 14.0. The van der Waals surface area contributed by atoms with E-state index < -0.39 is 58.8 Å². The maximum absolute atomic E-state index is 14.5. The average Bonchev–Trinajstić information content (AvgIpc) is 3.46. The van der Waals surface area contributed by atoms with E-state index in [4.69, 9.17) is 10.00 Å². The fourth-order valence-corrected chi connectivity index (χ4v) is 5.45. The first-order chi connectivity index (χ1) is 22.3. The van der Waals surface area contributed by atoms with E-state index >= 15 is 0 Å². The van der Waals surface area contributed by atoms with Crippen LogP contribution in [0, 0.1) is 17.1 Å². The highest BCUT2D eigenvalue weighted by atomic mass is 19.4. The number of benzene rings is 3. The zero-order valence-corrected chi connectivity index (χ0v) is 24.6. The van der Waals surface area contributed by atoms with E-state index in [0.717, 1.165) is 25.1 Å². The molecule has 0 bridgehead atoms. The van der Waals surface area contributed by atoms with Crippen LogP contribution in [0.4, 0.5) is 28.9 Å². The number of nitrogens with zero attached hydrogens (tertiary/aromatic N) is 5. The van der Waals surface area contributed by atoms with Crippen molar-refractivity contribution < 1.29 is 32.2 Å². The summed E-state index contributed by atoms with van der Waals surface area (Å²) >= 11 is 0. The molecular formula is C31H24F4N8O4. The van der Waals surface area contributed by atoms with Gasteiger partial charge in [0.15, 0.2) is 5.60 Å². The number of anilines is 2. The lowest BCUT2D eigenvalue weighted by atomic mass is 9.83. The molecule has 5 aromatic rings. The number of carbonyl (C=O) groups excluding carboxylic acids is 1. The largest absolute Gasteiger partial charge is 0.490 e. The molecule has 47 heavy (non-hydrogen) atoms. The van der Waals surface area contributed by atoms with Gasteiger partial charge in [-0.1, -0.05) is 12.1 Å². The molecule has 1 unspecified atom stereocenters. The van der Waals surface area contributed by atoms with Crippen LogP contribution in [0.2, 0.25) is 0 Å². The van der Waals surface area contributed by atoms with E-state index in [-0.39, 0.29) is 16.8 Å². The van der Waals surface area contributed by atoms with Gasteiger partial charge in [0.2, 0.25) is 0 Å². The molecule has 0 saturated carbocycles. The summed E-state index contributed by atoms with van der Waals surface area (Å²) in [5.41, 5.74) is -3.30. The van der Waals surface area contributed by atoms with Crippen LogP contribution in [0.5, 0.6) is 5.75 Å². The molecule has 1 amide bonds. The van der Waals surface area contributed by atoms with Crippen LogP contribution >= 0.6 is 0 Å². The molecule has 16 heteroatoms. The van der Waals surface area contributed by atoms with Crippen molar-refractivity contribution in [3.8, 4) is 11.8 Å². The number of ether oxygens (including phenoxy) is 1. The summed E-state index contributed by atoms with van der Waals surface area (Å²) in [7, 11) is 1.71. The van der Waals surface area contributed by atoms with Gasteiger partial charge in [-0.25, -0.2) is 14.5 Å². The predicted molar refractivity (Wildman–Crippen MR) is 159 cm³/mol. The Morgan fingerprint density at radius 1 is 1.17 bits per heavy atom. The molecule has 0 radical (unpaired) electrons. The monoisotopic (exact) mass is 648 g/mol. The maximum atomic E-state index is 14.5. The number of nitriles is 1. The van der Waals surface area contributed by atoms with Gasteiger partial charge >= 0.3 is 6.18 Å². The van der Waals surface area contributed by atoms with Gasteiger partial charge in [0, 0.05) is 23.8 Å². The van der Waals surface area contributed by atoms with Crippen molar-refractivity contribution in [2.24, 2.45) is 7.05 Å². The molecule has 12 nitrogen and oxygen atoms in total.